The van der Waals surface area contributed by atoms with Gasteiger partial charge in [0.2, 0.25) is 0 Å². The molecule has 0 amide bonds. The van der Waals surface area contributed by atoms with Gasteiger partial charge in [0.25, 0.3) is 0 Å². The van der Waals surface area contributed by atoms with Crippen molar-refractivity contribution in [3.63, 3.8) is 0 Å². The summed E-state index contributed by atoms with van der Waals surface area (Å²) in [5.74, 6) is 0.740. The van der Waals surface area contributed by atoms with Crippen molar-refractivity contribution in [2.75, 3.05) is 6.54 Å². The van der Waals surface area contributed by atoms with E-state index in [0.717, 1.165) is 12.5 Å². The second kappa shape index (κ2) is 4.45. The number of fused-ring (bicyclic) bond motifs is 1. The molecule has 0 radical (unpaired) electrons. The van der Waals surface area contributed by atoms with E-state index in [9.17, 15) is 0 Å². The van der Waals surface area contributed by atoms with Gasteiger partial charge in [-0.15, -0.1) is 0 Å². The maximum atomic E-state index is 6.18. The van der Waals surface area contributed by atoms with E-state index in [-0.39, 0.29) is 0 Å². The van der Waals surface area contributed by atoms with Gasteiger partial charge in [0.05, 0.1) is 0 Å². The van der Waals surface area contributed by atoms with Crippen molar-refractivity contribution >= 4 is 0 Å². The van der Waals surface area contributed by atoms with Crippen molar-refractivity contribution in [3.8, 4) is 0 Å². The SMILES string of the molecule is NCC1(C2CCc3ccccc32)CCCCC1. The van der Waals surface area contributed by atoms with E-state index >= 15 is 0 Å². The van der Waals surface area contributed by atoms with Crippen LogP contribution in [0.5, 0.6) is 0 Å². The summed E-state index contributed by atoms with van der Waals surface area (Å²) >= 11 is 0. The lowest BCUT2D eigenvalue weighted by Gasteiger charge is -2.42. The Balaban J connectivity index is 1.94. The van der Waals surface area contributed by atoms with Crippen LogP contribution in [0.25, 0.3) is 0 Å². The van der Waals surface area contributed by atoms with Crippen LogP contribution in [0, 0.1) is 5.41 Å². The zero-order valence-electron chi connectivity index (χ0n) is 10.6. The molecule has 1 saturated carbocycles. The molecule has 1 fully saturated rings. The molecule has 1 unspecified atom stereocenters. The van der Waals surface area contributed by atoms with E-state index in [1.807, 2.05) is 0 Å². The van der Waals surface area contributed by atoms with E-state index in [4.69, 9.17) is 5.73 Å². The smallest absolute Gasteiger partial charge is 0.00147 e. The van der Waals surface area contributed by atoms with Gasteiger partial charge in [-0.1, -0.05) is 43.5 Å². The van der Waals surface area contributed by atoms with Crippen molar-refractivity contribution in [2.24, 2.45) is 11.1 Å². The van der Waals surface area contributed by atoms with Crippen LogP contribution in [-0.2, 0) is 6.42 Å². The predicted octanol–water partition coefficient (Wildman–Crippen LogP) is 3.63. The van der Waals surface area contributed by atoms with E-state index in [1.165, 1.54) is 44.9 Å². The summed E-state index contributed by atoms with van der Waals surface area (Å²) in [4.78, 5) is 0. The normalized spacial score (nSPS) is 26.8. The Morgan fingerprint density at radius 3 is 2.65 bits per heavy atom. The highest BCUT2D eigenvalue weighted by Crippen LogP contribution is 2.52. The van der Waals surface area contributed by atoms with Gasteiger partial charge in [-0.2, -0.15) is 0 Å². The lowest BCUT2D eigenvalue weighted by atomic mass is 9.64. The Bertz CT molecular complexity index is 390. The largest absolute Gasteiger partial charge is 0.330 e. The Morgan fingerprint density at radius 1 is 1.12 bits per heavy atom. The third kappa shape index (κ3) is 1.81. The van der Waals surface area contributed by atoms with Crippen LogP contribution >= 0.6 is 0 Å². The fourth-order valence-corrected chi connectivity index (χ4v) is 4.14. The first-order valence-corrected chi connectivity index (χ1v) is 7.14. The molecule has 0 aromatic heterocycles. The van der Waals surface area contributed by atoms with Crippen molar-refractivity contribution < 1.29 is 0 Å². The standard InChI is InChI=1S/C16H23N/c17-12-16(10-4-1-5-11-16)15-9-8-13-6-2-3-7-14(13)15/h2-3,6-7,15H,1,4-5,8-12,17H2. The zero-order valence-corrected chi connectivity index (χ0v) is 10.6. The Hall–Kier alpha value is -0.820. The fourth-order valence-electron chi connectivity index (χ4n) is 4.14. The number of benzene rings is 1. The molecule has 2 N–H and O–H groups in total. The highest BCUT2D eigenvalue weighted by Gasteiger charge is 2.41. The molecule has 0 heterocycles. The minimum atomic E-state index is 0.421. The predicted molar refractivity (Wildman–Crippen MR) is 72.1 cm³/mol. The minimum absolute atomic E-state index is 0.421. The number of nitrogens with two attached hydrogens (primary N) is 1. The molecule has 2 aliphatic rings. The summed E-state index contributed by atoms with van der Waals surface area (Å²) in [6, 6.07) is 9.03. The van der Waals surface area contributed by atoms with Crippen molar-refractivity contribution in [1.82, 2.24) is 0 Å². The maximum Gasteiger partial charge on any atom is -0.00147 e. The van der Waals surface area contributed by atoms with E-state index in [1.54, 1.807) is 11.1 Å². The van der Waals surface area contributed by atoms with Crippen LogP contribution in [0.3, 0.4) is 0 Å². The van der Waals surface area contributed by atoms with Gasteiger partial charge in [-0.25, -0.2) is 0 Å². The van der Waals surface area contributed by atoms with Gasteiger partial charge in [0, 0.05) is 0 Å². The van der Waals surface area contributed by atoms with Crippen LogP contribution in [0.4, 0.5) is 0 Å². The van der Waals surface area contributed by atoms with Gasteiger partial charge >= 0.3 is 0 Å². The first-order chi connectivity index (χ1) is 8.36. The third-order valence-electron chi connectivity index (χ3n) is 5.13. The van der Waals surface area contributed by atoms with Crippen LogP contribution in [0.1, 0.15) is 55.6 Å². The van der Waals surface area contributed by atoms with Gasteiger partial charge < -0.3 is 5.73 Å². The zero-order chi connectivity index (χ0) is 11.7. The molecule has 0 bridgehead atoms. The molecule has 3 rings (SSSR count). The first kappa shape index (κ1) is 11.3. The lowest BCUT2D eigenvalue weighted by Crippen LogP contribution is -2.37. The van der Waals surface area contributed by atoms with E-state index in [2.05, 4.69) is 24.3 Å². The third-order valence-corrected chi connectivity index (χ3v) is 5.13. The molecule has 1 aromatic carbocycles. The molecule has 0 spiro atoms. The molecule has 1 nitrogen and oxygen atoms in total. The quantitative estimate of drug-likeness (QED) is 0.823. The van der Waals surface area contributed by atoms with Crippen LogP contribution in [0.15, 0.2) is 24.3 Å². The fraction of sp³-hybridized carbons (Fsp3) is 0.625. The molecular weight excluding hydrogens is 206 g/mol. The average molecular weight is 229 g/mol. The van der Waals surface area contributed by atoms with Crippen LogP contribution in [0.2, 0.25) is 0 Å². The van der Waals surface area contributed by atoms with Crippen LogP contribution in [-0.4, -0.2) is 6.54 Å². The molecule has 17 heavy (non-hydrogen) atoms. The Kier molecular flexibility index (Phi) is 2.96. The molecule has 1 aromatic rings. The monoisotopic (exact) mass is 229 g/mol. The molecular formula is C16H23N. The summed E-state index contributed by atoms with van der Waals surface area (Å²) in [7, 11) is 0. The first-order valence-electron chi connectivity index (χ1n) is 7.14. The highest BCUT2D eigenvalue weighted by molar-refractivity contribution is 5.36. The number of aryl methyl sites for hydroxylation is 1. The Labute approximate surface area is 104 Å². The summed E-state index contributed by atoms with van der Waals surface area (Å²) < 4.78 is 0. The summed E-state index contributed by atoms with van der Waals surface area (Å²) in [5.41, 5.74) is 9.79. The number of hydrogen-bond acceptors (Lipinski definition) is 1. The van der Waals surface area contributed by atoms with Crippen molar-refractivity contribution in [3.05, 3.63) is 35.4 Å². The van der Waals surface area contributed by atoms with E-state index < -0.39 is 0 Å². The van der Waals surface area contributed by atoms with E-state index in [0.29, 0.717) is 5.41 Å². The minimum Gasteiger partial charge on any atom is -0.330 e. The van der Waals surface area contributed by atoms with Gasteiger partial charge in [-0.05, 0) is 54.7 Å². The second-order valence-electron chi connectivity index (χ2n) is 5.92. The molecule has 0 aliphatic heterocycles. The number of rotatable bonds is 2. The highest BCUT2D eigenvalue weighted by atomic mass is 14.6. The van der Waals surface area contributed by atoms with Crippen molar-refractivity contribution in [1.29, 1.82) is 0 Å². The Morgan fingerprint density at radius 2 is 1.88 bits per heavy atom. The van der Waals surface area contributed by atoms with Gasteiger partial charge in [0.15, 0.2) is 0 Å². The molecule has 1 heteroatoms. The van der Waals surface area contributed by atoms with Crippen molar-refractivity contribution in [2.45, 2.75) is 50.9 Å². The van der Waals surface area contributed by atoms with Crippen LogP contribution < -0.4 is 5.73 Å². The average Bonchev–Trinajstić information content (AvgIpc) is 2.84. The van der Waals surface area contributed by atoms with Gasteiger partial charge in [-0.3, -0.25) is 0 Å². The molecule has 92 valence electrons. The van der Waals surface area contributed by atoms with Gasteiger partial charge in [0.1, 0.15) is 0 Å². The molecule has 0 saturated heterocycles. The molecule has 2 aliphatic carbocycles. The number of hydrogen-bond donors (Lipinski definition) is 1. The second-order valence-corrected chi connectivity index (χ2v) is 5.92. The summed E-state index contributed by atoms with van der Waals surface area (Å²) in [6.07, 6.45) is 9.48. The summed E-state index contributed by atoms with van der Waals surface area (Å²) in [5, 5.41) is 0. The maximum absolute atomic E-state index is 6.18. The molecule has 1 atom stereocenters. The topological polar surface area (TPSA) is 26.0 Å². The lowest BCUT2D eigenvalue weighted by molar-refractivity contribution is 0.152. The summed E-state index contributed by atoms with van der Waals surface area (Å²) in [6.45, 7) is 0.881.